The fourth-order valence-corrected chi connectivity index (χ4v) is 13.3. The number of phosphoric acid groups is 2. The van der Waals surface area contributed by atoms with Gasteiger partial charge < -0.3 is 33.8 Å². The maximum atomic E-state index is 13.1. The van der Waals surface area contributed by atoms with Gasteiger partial charge in [-0.1, -0.05) is 349 Å². The highest BCUT2D eigenvalue weighted by atomic mass is 31.2. The fraction of sp³-hybridized carbons (Fsp3) is 0.947. The molecule has 0 aliphatic rings. The zero-order valence-corrected chi connectivity index (χ0v) is 63.6. The van der Waals surface area contributed by atoms with Crippen molar-refractivity contribution in [1.29, 1.82) is 0 Å². The summed E-state index contributed by atoms with van der Waals surface area (Å²) in [7, 11) is -9.90. The Hall–Kier alpha value is -1.94. The van der Waals surface area contributed by atoms with E-state index in [9.17, 15) is 43.2 Å². The maximum Gasteiger partial charge on any atom is 0.472 e. The van der Waals surface area contributed by atoms with Gasteiger partial charge in [0.25, 0.3) is 0 Å². The van der Waals surface area contributed by atoms with Crippen LogP contribution < -0.4 is 0 Å². The van der Waals surface area contributed by atoms with Gasteiger partial charge in [0.05, 0.1) is 26.4 Å². The van der Waals surface area contributed by atoms with Crippen LogP contribution in [0.2, 0.25) is 0 Å². The van der Waals surface area contributed by atoms with Crippen LogP contribution >= 0.6 is 15.6 Å². The highest BCUT2D eigenvalue weighted by molar-refractivity contribution is 7.47. The molecule has 0 radical (unpaired) electrons. The molecule has 0 amide bonds. The van der Waals surface area contributed by atoms with Crippen LogP contribution in [0.15, 0.2) is 0 Å². The third kappa shape index (κ3) is 70.3. The number of hydrogen-bond donors (Lipinski definition) is 3. The molecule has 0 fully saturated rings. The molecule has 95 heavy (non-hydrogen) atoms. The average Bonchev–Trinajstić information content (AvgIpc) is 2.67. The third-order valence-electron chi connectivity index (χ3n) is 17.8. The molecule has 5 atom stereocenters. The van der Waals surface area contributed by atoms with Gasteiger partial charge >= 0.3 is 39.5 Å². The van der Waals surface area contributed by atoms with Crippen molar-refractivity contribution in [3.63, 3.8) is 0 Å². The Morgan fingerprint density at radius 2 is 0.484 bits per heavy atom. The number of unbranched alkanes of at least 4 members (excludes halogenated alkanes) is 48. The molecule has 0 saturated carbocycles. The first-order valence-corrected chi connectivity index (χ1v) is 42.6. The summed E-state index contributed by atoms with van der Waals surface area (Å²) < 4.78 is 68.2. The van der Waals surface area contributed by atoms with Crippen molar-refractivity contribution in [2.24, 2.45) is 5.92 Å². The Bertz CT molecular complexity index is 1820. The van der Waals surface area contributed by atoms with E-state index in [1.54, 1.807) is 0 Å². The first-order chi connectivity index (χ1) is 46.0. The molecule has 0 rings (SSSR count). The summed E-state index contributed by atoms with van der Waals surface area (Å²) in [6, 6.07) is 0. The summed E-state index contributed by atoms with van der Waals surface area (Å²) in [6.45, 7) is 7.09. The second kappa shape index (κ2) is 69.2. The first kappa shape index (κ1) is 93.1. The summed E-state index contributed by atoms with van der Waals surface area (Å²) in [6.07, 6.45) is 59.2. The summed E-state index contributed by atoms with van der Waals surface area (Å²) in [4.78, 5) is 72.4. The molecule has 0 heterocycles. The summed E-state index contributed by atoms with van der Waals surface area (Å²) in [5.74, 6) is -1.46. The Labute approximate surface area is 581 Å². The number of carbonyl (C=O) groups excluding carboxylic acids is 4. The highest BCUT2D eigenvalue weighted by Crippen LogP contribution is 2.45. The lowest BCUT2D eigenvalue weighted by molar-refractivity contribution is -0.161. The number of rotatable bonds is 76. The van der Waals surface area contributed by atoms with E-state index < -0.39 is 97.5 Å². The van der Waals surface area contributed by atoms with Gasteiger partial charge in [-0.3, -0.25) is 37.3 Å². The topological polar surface area (TPSA) is 237 Å². The Kier molecular flexibility index (Phi) is 67.7. The van der Waals surface area contributed by atoms with Gasteiger partial charge in [-0.05, 0) is 31.6 Å². The van der Waals surface area contributed by atoms with Crippen LogP contribution in [0.3, 0.4) is 0 Å². The number of phosphoric ester groups is 2. The number of carbonyl (C=O) groups is 4. The molecule has 0 aliphatic carbocycles. The average molecular weight is 1400 g/mol. The van der Waals surface area contributed by atoms with Crippen molar-refractivity contribution >= 4 is 39.5 Å². The van der Waals surface area contributed by atoms with Crippen LogP contribution in [0.25, 0.3) is 0 Å². The van der Waals surface area contributed by atoms with E-state index in [0.717, 1.165) is 96.3 Å². The van der Waals surface area contributed by atoms with Gasteiger partial charge in [0, 0.05) is 25.7 Å². The minimum Gasteiger partial charge on any atom is -0.462 e. The second-order valence-electron chi connectivity index (χ2n) is 27.9. The number of aliphatic hydroxyl groups excluding tert-OH is 1. The molecule has 564 valence electrons. The predicted octanol–water partition coefficient (Wildman–Crippen LogP) is 22.5. The molecule has 2 unspecified atom stereocenters. The SMILES string of the molecule is CCCCCCCCCCCCCCCCCCCCCCCCC(=O)O[C@H](COC(=O)CCCCCCCCCCCCCCCCCCCCC)COP(=O)(O)OC[C@@H](O)COP(=O)(O)OC[C@@H](COC(=O)CCCCCCC)OC(=O)CCCCCCCCC(C)C. The number of ether oxygens (including phenoxy) is 4. The van der Waals surface area contributed by atoms with Crippen molar-refractivity contribution in [1.82, 2.24) is 0 Å². The van der Waals surface area contributed by atoms with E-state index in [1.807, 2.05) is 0 Å². The van der Waals surface area contributed by atoms with E-state index >= 15 is 0 Å². The van der Waals surface area contributed by atoms with Crippen molar-refractivity contribution in [2.75, 3.05) is 39.6 Å². The normalized spacial score (nSPS) is 13.9. The van der Waals surface area contributed by atoms with Crippen molar-refractivity contribution in [3.05, 3.63) is 0 Å². The minimum absolute atomic E-state index is 0.102. The number of esters is 4. The lowest BCUT2D eigenvalue weighted by atomic mass is 10.0. The lowest BCUT2D eigenvalue weighted by Gasteiger charge is -2.21. The molecule has 0 aromatic carbocycles. The van der Waals surface area contributed by atoms with Crippen LogP contribution in [-0.4, -0.2) is 96.7 Å². The summed E-state index contributed by atoms with van der Waals surface area (Å²) >= 11 is 0. The Balaban J connectivity index is 5.08. The molecule has 0 aromatic rings. The van der Waals surface area contributed by atoms with Gasteiger partial charge in [0.1, 0.15) is 19.3 Å². The molecule has 0 spiro atoms. The largest absolute Gasteiger partial charge is 0.472 e. The summed E-state index contributed by atoms with van der Waals surface area (Å²) in [5.41, 5.74) is 0. The lowest BCUT2D eigenvalue weighted by Crippen LogP contribution is -2.30. The van der Waals surface area contributed by atoms with Crippen LogP contribution in [-0.2, 0) is 65.4 Å². The zero-order valence-electron chi connectivity index (χ0n) is 61.8. The molecule has 19 heteroatoms. The third-order valence-corrected chi connectivity index (χ3v) is 19.7. The van der Waals surface area contributed by atoms with E-state index in [2.05, 4.69) is 34.6 Å². The van der Waals surface area contributed by atoms with E-state index in [4.69, 9.17) is 37.0 Å². The van der Waals surface area contributed by atoms with Crippen LogP contribution in [0.1, 0.15) is 401 Å². The number of aliphatic hydroxyl groups is 1. The molecule has 3 N–H and O–H groups in total. The smallest absolute Gasteiger partial charge is 0.462 e. The van der Waals surface area contributed by atoms with Gasteiger partial charge in [0.15, 0.2) is 12.2 Å². The molecule has 0 aliphatic heterocycles. The molecule has 0 bridgehead atoms. The Morgan fingerprint density at radius 1 is 0.284 bits per heavy atom. The van der Waals surface area contributed by atoms with E-state index in [1.165, 1.54) is 218 Å². The standard InChI is InChI=1S/C76H148O17P2/c1-6-9-12-15-17-19-21-23-25-27-29-30-31-33-35-37-39-41-43-45-51-56-61-75(80)92-72(66-87-74(79)60-55-50-44-42-40-38-36-34-32-28-26-24-22-20-18-16-13-10-7-2)68-91-95(84,85)89-64-70(77)63-88-94(82,83)90-67-71(65-86-73(78)59-54-48-14-11-8-3)93-76(81)62-57-52-47-46-49-53-58-69(4)5/h69-72,77H,6-68H2,1-5H3,(H,82,83)(H,84,85)/t70-,71+,72+/m0/s1. The van der Waals surface area contributed by atoms with Crippen LogP contribution in [0, 0.1) is 5.92 Å². The second-order valence-corrected chi connectivity index (χ2v) is 30.8. The van der Waals surface area contributed by atoms with Crippen molar-refractivity contribution < 1.29 is 80.2 Å². The summed E-state index contributed by atoms with van der Waals surface area (Å²) in [5, 5.41) is 10.6. The van der Waals surface area contributed by atoms with Crippen LogP contribution in [0.5, 0.6) is 0 Å². The molecule has 0 aromatic heterocycles. The molecular formula is C76H148O17P2. The van der Waals surface area contributed by atoms with Gasteiger partial charge in [-0.2, -0.15) is 0 Å². The van der Waals surface area contributed by atoms with Crippen molar-refractivity contribution in [3.8, 4) is 0 Å². The van der Waals surface area contributed by atoms with Crippen LogP contribution in [0.4, 0.5) is 0 Å². The van der Waals surface area contributed by atoms with E-state index in [0.29, 0.717) is 31.6 Å². The Morgan fingerprint density at radius 3 is 0.716 bits per heavy atom. The predicted molar refractivity (Wildman–Crippen MR) is 386 cm³/mol. The molecule has 17 nitrogen and oxygen atoms in total. The zero-order chi connectivity index (χ0) is 69.8. The van der Waals surface area contributed by atoms with Gasteiger partial charge in [-0.15, -0.1) is 0 Å². The van der Waals surface area contributed by atoms with Gasteiger partial charge in [0.2, 0.25) is 0 Å². The molecule has 0 saturated heterocycles. The minimum atomic E-state index is -4.95. The number of hydrogen-bond acceptors (Lipinski definition) is 15. The fourth-order valence-electron chi connectivity index (χ4n) is 11.7. The van der Waals surface area contributed by atoms with Gasteiger partial charge in [-0.25, -0.2) is 9.13 Å². The monoisotopic (exact) mass is 1400 g/mol. The first-order valence-electron chi connectivity index (χ1n) is 39.6. The molecular weight excluding hydrogens is 1250 g/mol. The maximum absolute atomic E-state index is 13.1. The quantitative estimate of drug-likeness (QED) is 0.0222. The van der Waals surface area contributed by atoms with E-state index in [-0.39, 0.29) is 25.7 Å². The highest BCUT2D eigenvalue weighted by Gasteiger charge is 2.30. The van der Waals surface area contributed by atoms with Crippen molar-refractivity contribution in [2.45, 2.75) is 419 Å².